The van der Waals surface area contributed by atoms with E-state index in [1.54, 1.807) is 29.3 Å². The van der Waals surface area contributed by atoms with E-state index in [0.29, 0.717) is 49.3 Å². The number of carbonyl (C=O) groups excluding carboxylic acids is 1. The van der Waals surface area contributed by atoms with E-state index in [9.17, 15) is 9.90 Å². The molecule has 0 radical (unpaired) electrons. The van der Waals surface area contributed by atoms with Crippen LogP contribution in [0.2, 0.25) is 0 Å². The van der Waals surface area contributed by atoms with Crippen molar-refractivity contribution in [1.82, 2.24) is 29.6 Å². The highest BCUT2D eigenvalue weighted by Gasteiger charge is 2.45. The van der Waals surface area contributed by atoms with Crippen molar-refractivity contribution in [2.75, 3.05) is 20.2 Å². The lowest BCUT2D eigenvalue weighted by Gasteiger charge is -2.34. The number of ether oxygens (including phenoxy) is 2. The van der Waals surface area contributed by atoms with E-state index in [4.69, 9.17) is 9.47 Å². The summed E-state index contributed by atoms with van der Waals surface area (Å²) in [6.45, 7) is 3.78. The summed E-state index contributed by atoms with van der Waals surface area (Å²) in [5, 5.41) is 18.5. The number of fused-ring (bicyclic) bond motifs is 1. The summed E-state index contributed by atoms with van der Waals surface area (Å²) < 4.78 is 13.4. The smallest absolute Gasteiger partial charge is 0.272 e. The average Bonchev–Trinajstić information content (AvgIpc) is 3.47. The number of aromatic hydroxyl groups is 1. The monoisotopic (exact) mass is 410 g/mol. The van der Waals surface area contributed by atoms with Gasteiger partial charge in [0.2, 0.25) is 0 Å². The maximum absolute atomic E-state index is 12.8. The summed E-state index contributed by atoms with van der Waals surface area (Å²) >= 11 is 0. The molecule has 0 bridgehead atoms. The molecular formula is C20H22N6O4. The Morgan fingerprint density at radius 2 is 2.20 bits per heavy atom. The van der Waals surface area contributed by atoms with Gasteiger partial charge in [0.05, 0.1) is 26.4 Å². The first-order chi connectivity index (χ1) is 14.5. The number of phenols is 1. The molecule has 2 N–H and O–H groups in total. The molecule has 2 aliphatic rings. The molecule has 2 aliphatic heterocycles. The Balaban J connectivity index is 1.40. The summed E-state index contributed by atoms with van der Waals surface area (Å²) in [6, 6.07) is 5.09. The van der Waals surface area contributed by atoms with Crippen molar-refractivity contribution in [2.45, 2.75) is 32.1 Å². The quantitative estimate of drug-likeness (QED) is 0.672. The zero-order valence-electron chi connectivity index (χ0n) is 16.8. The molecule has 4 heterocycles. The van der Waals surface area contributed by atoms with Crippen LogP contribution in [-0.2, 0) is 17.9 Å². The van der Waals surface area contributed by atoms with E-state index < -0.39 is 5.60 Å². The topological polar surface area (TPSA) is 118 Å². The molecular weight excluding hydrogens is 388 g/mol. The molecule has 1 aromatic carbocycles. The van der Waals surface area contributed by atoms with Gasteiger partial charge in [-0.25, -0.2) is 4.98 Å². The van der Waals surface area contributed by atoms with Crippen LogP contribution in [0.3, 0.4) is 0 Å². The van der Waals surface area contributed by atoms with Gasteiger partial charge in [-0.05, 0) is 31.5 Å². The zero-order chi connectivity index (χ0) is 20.9. The van der Waals surface area contributed by atoms with Gasteiger partial charge in [-0.3, -0.25) is 4.79 Å². The van der Waals surface area contributed by atoms with Crippen molar-refractivity contribution < 1.29 is 19.4 Å². The molecule has 0 saturated carbocycles. The van der Waals surface area contributed by atoms with Gasteiger partial charge in [0, 0.05) is 12.1 Å². The Morgan fingerprint density at radius 3 is 2.97 bits per heavy atom. The molecule has 2 aromatic heterocycles. The van der Waals surface area contributed by atoms with E-state index >= 15 is 0 Å². The number of phenolic OH excluding ortho intramolecular Hbond substituents is 1. The second-order valence-corrected chi connectivity index (χ2v) is 7.74. The Hall–Kier alpha value is -3.40. The predicted molar refractivity (Wildman–Crippen MR) is 105 cm³/mol. The van der Waals surface area contributed by atoms with Crippen molar-refractivity contribution in [3.63, 3.8) is 0 Å². The maximum atomic E-state index is 12.8. The Morgan fingerprint density at radius 1 is 1.33 bits per heavy atom. The van der Waals surface area contributed by atoms with Gasteiger partial charge in [0.1, 0.15) is 23.7 Å². The largest absolute Gasteiger partial charge is 0.504 e. The van der Waals surface area contributed by atoms with Crippen molar-refractivity contribution in [3.8, 4) is 22.9 Å². The minimum Gasteiger partial charge on any atom is -0.504 e. The van der Waals surface area contributed by atoms with Crippen molar-refractivity contribution in [1.29, 1.82) is 0 Å². The summed E-state index contributed by atoms with van der Waals surface area (Å²) in [7, 11) is 1.51. The number of aryl methyl sites for hydroxylation is 1. The van der Waals surface area contributed by atoms with Crippen LogP contribution in [0.1, 0.15) is 28.6 Å². The molecule has 0 aliphatic carbocycles. The Bertz CT molecular complexity index is 1120. The third-order valence-corrected chi connectivity index (χ3v) is 5.76. The van der Waals surface area contributed by atoms with Gasteiger partial charge in [0.25, 0.3) is 5.91 Å². The van der Waals surface area contributed by atoms with Crippen molar-refractivity contribution >= 4 is 5.91 Å². The highest BCUT2D eigenvalue weighted by atomic mass is 16.5. The molecule has 10 nitrogen and oxygen atoms in total. The van der Waals surface area contributed by atoms with Crippen LogP contribution in [0.15, 0.2) is 24.4 Å². The van der Waals surface area contributed by atoms with E-state index in [1.807, 2.05) is 11.5 Å². The van der Waals surface area contributed by atoms with Crippen molar-refractivity contribution in [3.05, 3.63) is 41.7 Å². The molecule has 1 spiro atoms. The first-order valence-corrected chi connectivity index (χ1v) is 9.72. The normalized spacial score (nSPS) is 20.5. The number of nitrogens with zero attached hydrogens (tertiary/aromatic N) is 5. The van der Waals surface area contributed by atoms with Gasteiger partial charge in [0.15, 0.2) is 23.1 Å². The van der Waals surface area contributed by atoms with E-state index in [2.05, 4.69) is 20.2 Å². The fraction of sp³-hybridized carbons (Fsp3) is 0.400. The third-order valence-electron chi connectivity index (χ3n) is 5.76. The van der Waals surface area contributed by atoms with Crippen LogP contribution in [0.5, 0.6) is 11.5 Å². The summed E-state index contributed by atoms with van der Waals surface area (Å²) in [6.07, 6.45) is 2.29. The molecule has 1 fully saturated rings. The summed E-state index contributed by atoms with van der Waals surface area (Å²) in [4.78, 5) is 21.7. The SMILES string of the molecule is COc1cc(-c2nnc3n2CC2(CCN(C(=O)c4cnc(C)[nH]4)C2)OC3)ccc1O. The standard InChI is InChI=1S/C20H22N6O4/c1-12-21-8-14(22-12)19(28)25-6-5-20(10-25)11-26-17(9-30-20)23-24-18(26)13-3-4-15(27)16(7-13)29-2/h3-4,7-8,27H,5-6,9-11H2,1-2H3,(H,21,22). The number of aromatic nitrogens is 5. The average molecular weight is 410 g/mol. The number of carbonyl (C=O) groups is 1. The van der Waals surface area contributed by atoms with Crippen LogP contribution in [0.25, 0.3) is 11.4 Å². The summed E-state index contributed by atoms with van der Waals surface area (Å²) in [5.41, 5.74) is 0.789. The molecule has 10 heteroatoms. The minimum absolute atomic E-state index is 0.0680. The minimum atomic E-state index is -0.490. The third kappa shape index (κ3) is 3.00. The first-order valence-electron chi connectivity index (χ1n) is 9.72. The highest BCUT2D eigenvalue weighted by molar-refractivity contribution is 5.92. The molecule has 5 rings (SSSR count). The number of amides is 1. The van der Waals surface area contributed by atoms with Gasteiger partial charge in [-0.1, -0.05) is 0 Å². The van der Waals surface area contributed by atoms with Gasteiger partial charge < -0.3 is 29.0 Å². The van der Waals surface area contributed by atoms with E-state index in [0.717, 1.165) is 17.8 Å². The zero-order valence-corrected chi connectivity index (χ0v) is 16.8. The van der Waals surface area contributed by atoms with Gasteiger partial charge >= 0.3 is 0 Å². The van der Waals surface area contributed by atoms with Crippen molar-refractivity contribution in [2.24, 2.45) is 0 Å². The number of hydrogen-bond acceptors (Lipinski definition) is 7. The van der Waals surface area contributed by atoms with Crippen LogP contribution >= 0.6 is 0 Å². The second kappa shape index (κ2) is 6.84. The van der Waals surface area contributed by atoms with Crippen LogP contribution in [0, 0.1) is 6.92 Å². The lowest BCUT2D eigenvalue weighted by atomic mass is 10.0. The van der Waals surface area contributed by atoms with Gasteiger partial charge in [-0.15, -0.1) is 10.2 Å². The molecule has 1 atom stereocenters. The number of imidazole rings is 1. The fourth-order valence-electron chi connectivity index (χ4n) is 4.15. The molecule has 3 aromatic rings. The molecule has 156 valence electrons. The number of nitrogens with one attached hydrogen (secondary N) is 1. The van der Waals surface area contributed by atoms with Crippen LogP contribution in [-0.4, -0.2) is 66.4 Å². The number of hydrogen-bond donors (Lipinski definition) is 2. The van der Waals surface area contributed by atoms with E-state index in [-0.39, 0.29) is 11.7 Å². The number of likely N-dealkylation sites (tertiary alicyclic amines) is 1. The second-order valence-electron chi connectivity index (χ2n) is 7.74. The lowest BCUT2D eigenvalue weighted by Crippen LogP contribution is -2.45. The molecule has 1 unspecified atom stereocenters. The predicted octanol–water partition coefficient (Wildman–Crippen LogP) is 1.51. The highest BCUT2D eigenvalue weighted by Crippen LogP contribution is 2.36. The molecule has 1 amide bonds. The Kier molecular flexibility index (Phi) is 4.24. The number of rotatable bonds is 3. The number of methoxy groups -OCH3 is 1. The van der Waals surface area contributed by atoms with Crippen LogP contribution in [0.4, 0.5) is 0 Å². The van der Waals surface area contributed by atoms with E-state index in [1.165, 1.54) is 7.11 Å². The fourth-order valence-corrected chi connectivity index (χ4v) is 4.15. The molecule has 30 heavy (non-hydrogen) atoms. The lowest BCUT2D eigenvalue weighted by molar-refractivity contribution is -0.0805. The van der Waals surface area contributed by atoms with Crippen LogP contribution < -0.4 is 4.74 Å². The first kappa shape index (κ1) is 18.6. The Labute approximate surface area is 172 Å². The summed E-state index contributed by atoms with van der Waals surface area (Å²) in [5.74, 6) is 2.49. The number of benzene rings is 1. The maximum Gasteiger partial charge on any atom is 0.272 e. The van der Waals surface area contributed by atoms with Gasteiger partial charge in [-0.2, -0.15) is 0 Å². The number of aromatic amines is 1. The molecule has 1 saturated heterocycles. The number of H-pyrrole nitrogens is 1.